The summed E-state index contributed by atoms with van der Waals surface area (Å²) < 4.78 is 44.3. The average molecular weight is 496 g/mol. The van der Waals surface area contributed by atoms with Gasteiger partial charge in [0.1, 0.15) is 23.9 Å². The van der Waals surface area contributed by atoms with Crippen molar-refractivity contribution in [1.82, 2.24) is 4.31 Å². The molecule has 4 rings (SSSR count). The number of halogens is 1. The Balaban J connectivity index is 1.46. The standard InChI is InChI=1S/C22H26ClN3O6S/c1-2-30-18-6-5-15(11-21(18)33(28,29)26-7-3-4-8-26)24-14-22(27)25-17-13-20-19(12-16(17)23)31-9-10-32-20/h5-6,11-13,24H,2-4,7-10,14H2,1H3,(H,25,27). The quantitative estimate of drug-likeness (QED) is 0.578. The van der Waals surface area contributed by atoms with Gasteiger partial charge in [-0.15, -0.1) is 0 Å². The molecule has 178 valence electrons. The molecule has 0 aliphatic carbocycles. The molecule has 11 heteroatoms. The van der Waals surface area contributed by atoms with Gasteiger partial charge in [0.15, 0.2) is 11.5 Å². The van der Waals surface area contributed by atoms with Crippen LogP contribution in [-0.2, 0) is 14.8 Å². The van der Waals surface area contributed by atoms with Crippen molar-refractivity contribution in [2.75, 3.05) is 50.1 Å². The van der Waals surface area contributed by atoms with Gasteiger partial charge in [-0.1, -0.05) is 11.6 Å². The van der Waals surface area contributed by atoms with Gasteiger partial charge in [-0.25, -0.2) is 8.42 Å². The molecule has 2 N–H and O–H groups in total. The Morgan fingerprint density at radius 1 is 1.12 bits per heavy atom. The van der Waals surface area contributed by atoms with Gasteiger partial charge in [-0.05, 0) is 38.0 Å². The fraction of sp³-hybridized carbons (Fsp3) is 0.409. The van der Waals surface area contributed by atoms with Gasteiger partial charge in [-0.2, -0.15) is 4.31 Å². The number of carbonyl (C=O) groups excluding carboxylic acids is 1. The van der Waals surface area contributed by atoms with Crippen molar-refractivity contribution in [1.29, 1.82) is 0 Å². The Labute approximate surface area is 198 Å². The predicted octanol–water partition coefficient (Wildman–Crippen LogP) is 3.35. The fourth-order valence-electron chi connectivity index (χ4n) is 3.70. The minimum absolute atomic E-state index is 0.0894. The van der Waals surface area contributed by atoms with Gasteiger partial charge in [0, 0.05) is 30.9 Å². The van der Waals surface area contributed by atoms with Crippen LogP contribution in [0.4, 0.5) is 11.4 Å². The maximum atomic E-state index is 13.1. The second-order valence-corrected chi connectivity index (χ2v) is 9.90. The van der Waals surface area contributed by atoms with E-state index in [-0.39, 0.29) is 17.3 Å². The Morgan fingerprint density at radius 2 is 1.82 bits per heavy atom. The van der Waals surface area contributed by atoms with E-state index in [0.717, 1.165) is 12.8 Å². The highest BCUT2D eigenvalue weighted by molar-refractivity contribution is 7.89. The summed E-state index contributed by atoms with van der Waals surface area (Å²) in [6, 6.07) is 8.00. The number of anilines is 2. The summed E-state index contributed by atoms with van der Waals surface area (Å²) in [4.78, 5) is 12.6. The van der Waals surface area contributed by atoms with Crippen molar-refractivity contribution in [3.63, 3.8) is 0 Å². The predicted molar refractivity (Wildman–Crippen MR) is 125 cm³/mol. The number of benzene rings is 2. The lowest BCUT2D eigenvalue weighted by molar-refractivity contribution is -0.114. The number of fused-ring (bicyclic) bond motifs is 1. The molecule has 2 aliphatic rings. The topological polar surface area (TPSA) is 106 Å². The smallest absolute Gasteiger partial charge is 0.246 e. The number of nitrogens with one attached hydrogen (secondary N) is 2. The molecule has 0 unspecified atom stereocenters. The first kappa shape index (κ1) is 23.5. The van der Waals surface area contributed by atoms with E-state index in [4.69, 9.17) is 25.8 Å². The van der Waals surface area contributed by atoms with E-state index in [2.05, 4.69) is 10.6 Å². The first-order valence-corrected chi connectivity index (χ1v) is 12.6. The number of nitrogens with zero attached hydrogens (tertiary/aromatic N) is 1. The summed E-state index contributed by atoms with van der Waals surface area (Å²) in [5.41, 5.74) is 0.886. The SMILES string of the molecule is CCOc1ccc(NCC(=O)Nc2cc3c(cc2Cl)OCCO3)cc1S(=O)(=O)N1CCCC1. The molecule has 2 aromatic carbocycles. The number of rotatable bonds is 8. The van der Waals surface area contributed by atoms with Gasteiger partial charge in [0.05, 0.1) is 23.9 Å². The summed E-state index contributed by atoms with van der Waals surface area (Å²) in [5, 5.41) is 6.03. The van der Waals surface area contributed by atoms with Crippen LogP contribution >= 0.6 is 11.6 Å². The number of sulfonamides is 1. The first-order chi connectivity index (χ1) is 15.9. The van der Waals surface area contributed by atoms with E-state index < -0.39 is 10.0 Å². The monoisotopic (exact) mass is 495 g/mol. The van der Waals surface area contributed by atoms with Crippen LogP contribution in [0.25, 0.3) is 0 Å². The Kier molecular flexibility index (Phi) is 7.16. The molecule has 1 amide bonds. The largest absolute Gasteiger partial charge is 0.492 e. The second kappa shape index (κ2) is 10.1. The lowest BCUT2D eigenvalue weighted by Crippen LogP contribution is -2.28. The van der Waals surface area contributed by atoms with Crippen molar-refractivity contribution in [3.8, 4) is 17.2 Å². The fourth-order valence-corrected chi connectivity index (χ4v) is 5.57. The zero-order valence-corrected chi connectivity index (χ0v) is 19.8. The van der Waals surface area contributed by atoms with Crippen LogP contribution in [-0.4, -0.2) is 58.1 Å². The van der Waals surface area contributed by atoms with Crippen LogP contribution < -0.4 is 24.8 Å². The molecule has 1 fully saturated rings. The van der Waals surface area contributed by atoms with E-state index in [1.54, 1.807) is 31.2 Å². The summed E-state index contributed by atoms with van der Waals surface area (Å²) >= 11 is 6.25. The van der Waals surface area contributed by atoms with Crippen LogP contribution in [0.2, 0.25) is 5.02 Å². The summed E-state index contributed by atoms with van der Waals surface area (Å²) in [5.74, 6) is 0.981. The molecule has 9 nitrogen and oxygen atoms in total. The lowest BCUT2D eigenvalue weighted by atomic mass is 10.2. The summed E-state index contributed by atoms with van der Waals surface area (Å²) in [6.45, 7) is 3.89. The molecule has 2 aromatic rings. The highest BCUT2D eigenvalue weighted by Gasteiger charge is 2.30. The molecule has 0 spiro atoms. The maximum Gasteiger partial charge on any atom is 0.246 e. The van der Waals surface area contributed by atoms with Crippen LogP contribution in [0.1, 0.15) is 19.8 Å². The third kappa shape index (κ3) is 5.29. The highest BCUT2D eigenvalue weighted by atomic mass is 35.5. The van der Waals surface area contributed by atoms with Crippen molar-refractivity contribution in [3.05, 3.63) is 35.4 Å². The minimum Gasteiger partial charge on any atom is -0.492 e. The zero-order valence-electron chi connectivity index (χ0n) is 18.2. The first-order valence-electron chi connectivity index (χ1n) is 10.8. The number of amides is 1. The van der Waals surface area contributed by atoms with Crippen LogP contribution in [0.3, 0.4) is 0 Å². The number of ether oxygens (including phenoxy) is 3. The molecule has 2 heterocycles. The number of hydrogen-bond acceptors (Lipinski definition) is 7. The van der Waals surface area contributed by atoms with Crippen molar-refractivity contribution in [2.24, 2.45) is 0 Å². The summed E-state index contributed by atoms with van der Waals surface area (Å²) in [6.07, 6.45) is 1.67. The number of carbonyl (C=O) groups is 1. The maximum absolute atomic E-state index is 13.1. The van der Waals surface area contributed by atoms with Gasteiger partial charge in [-0.3, -0.25) is 4.79 Å². The van der Waals surface area contributed by atoms with E-state index in [1.165, 1.54) is 10.4 Å². The van der Waals surface area contributed by atoms with Crippen LogP contribution in [0.15, 0.2) is 35.2 Å². The van der Waals surface area contributed by atoms with Gasteiger partial charge in [0.2, 0.25) is 15.9 Å². The van der Waals surface area contributed by atoms with Crippen LogP contribution in [0, 0.1) is 0 Å². The van der Waals surface area contributed by atoms with Crippen LogP contribution in [0.5, 0.6) is 17.2 Å². The molecule has 0 radical (unpaired) electrons. The highest BCUT2D eigenvalue weighted by Crippen LogP contribution is 2.38. The molecule has 0 aromatic heterocycles. The van der Waals surface area contributed by atoms with Gasteiger partial charge in [0.25, 0.3) is 0 Å². The normalized spacial score (nSPS) is 15.8. The average Bonchev–Trinajstić information content (AvgIpc) is 3.35. The Hall–Kier alpha value is -2.69. The van der Waals surface area contributed by atoms with Crippen molar-refractivity contribution in [2.45, 2.75) is 24.7 Å². The lowest BCUT2D eigenvalue weighted by Gasteiger charge is -2.20. The second-order valence-electron chi connectivity index (χ2n) is 7.58. The molecule has 1 saturated heterocycles. The number of hydrogen-bond donors (Lipinski definition) is 2. The molecular formula is C22H26ClN3O6S. The van der Waals surface area contributed by atoms with E-state index >= 15 is 0 Å². The Morgan fingerprint density at radius 3 is 2.52 bits per heavy atom. The summed E-state index contributed by atoms with van der Waals surface area (Å²) in [7, 11) is -3.69. The zero-order chi connectivity index (χ0) is 23.4. The van der Waals surface area contributed by atoms with E-state index in [1.807, 2.05) is 0 Å². The van der Waals surface area contributed by atoms with Gasteiger partial charge < -0.3 is 24.8 Å². The molecule has 0 bridgehead atoms. The third-order valence-corrected chi connectivity index (χ3v) is 7.52. The Bertz CT molecular complexity index is 1140. The van der Waals surface area contributed by atoms with Crippen molar-refractivity contribution >= 4 is 38.9 Å². The minimum atomic E-state index is -3.69. The molecule has 0 atom stereocenters. The van der Waals surface area contributed by atoms with Crippen molar-refractivity contribution < 1.29 is 27.4 Å². The third-order valence-electron chi connectivity index (χ3n) is 5.29. The van der Waals surface area contributed by atoms with Gasteiger partial charge >= 0.3 is 0 Å². The molecule has 2 aliphatic heterocycles. The van der Waals surface area contributed by atoms with E-state index in [9.17, 15) is 13.2 Å². The van der Waals surface area contributed by atoms with E-state index in [0.29, 0.717) is 66.6 Å². The molecule has 0 saturated carbocycles. The molecular weight excluding hydrogens is 470 g/mol. The molecule has 33 heavy (non-hydrogen) atoms.